The molecule has 1 amide bonds. The first-order valence-electron chi connectivity index (χ1n) is 8.78. The minimum atomic E-state index is 0.102. The lowest BCUT2D eigenvalue weighted by atomic mass is 9.94. The molecule has 132 valence electrons. The van der Waals surface area contributed by atoms with E-state index in [9.17, 15) is 4.79 Å². The van der Waals surface area contributed by atoms with Gasteiger partial charge in [-0.1, -0.05) is 6.07 Å². The van der Waals surface area contributed by atoms with Crippen molar-refractivity contribution in [1.82, 2.24) is 19.8 Å². The van der Waals surface area contributed by atoms with Crippen LogP contribution in [0.5, 0.6) is 0 Å². The van der Waals surface area contributed by atoms with Gasteiger partial charge in [-0.2, -0.15) is 0 Å². The molecule has 6 nitrogen and oxygen atoms in total. The van der Waals surface area contributed by atoms with Gasteiger partial charge in [0.25, 0.3) is 0 Å². The molecule has 2 atom stereocenters. The SMILES string of the molecule is CNc1nc(CN2C[C@@H]3CC[C@H](C2)N(Cc2ccccn2)C3=O)cs1. The van der Waals surface area contributed by atoms with E-state index < -0.39 is 0 Å². The zero-order valence-corrected chi connectivity index (χ0v) is 15.2. The Kier molecular flexibility index (Phi) is 4.67. The fourth-order valence-electron chi connectivity index (χ4n) is 3.86. The van der Waals surface area contributed by atoms with Crippen molar-refractivity contribution in [3.8, 4) is 0 Å². The van der Waals surface area contributed by atoms with Gasteiger partial charge in [-0.15, -0.1) is 11.3 Å². The molecular weight excluding hydrogens is 334 g/mol. The van der Waals surface area contributed by atoms with E-state index in [1.807, 2.05) is 25.2 Å². The number of fused-ring (bicyclic) bond motifs is 4. The Labute approximate surface area is 151 Å². The van der Waals surface area contributed by atoms with E-state index in [2.05, 4.69) is 30.5 Å². The highest BCUT2D eigenvalue weighted by atomic mass is 32.1. The van der Waals surface area contributed by atoms with Crippen LogP contribution in [0.15, 0.2) is 29.8 Å². The van der Waals surface area contributed by atoms with Crippen LogP contribution in [0.4, 0.5) is 5.13 Å². The summed E-state index contributed by atoms with van der Waals surface area (Å²) in [6, 6.07) is 6.17. The van der Waals surface area contributed by atoms with Gasteiger partial charge in [0.2, 0.25) is 5.91 Å². The van der Waals surface area contributed by atoms with Crippen molar-refractivity contribution in [3.05, 3.63) is 41.2 Å². The van der Waals surface area contributed by atoms with E-state index in [4.69, 9.17) is 0 Å². The first-order valence-corrected chi connectivity index (χ1v) is 9.66. The summed E-state index contributed by atoms with van der Waals surface area (Å²) in [5.74, 6) is 0.392. The number of rotatable bonds is 5. The van der Waals surface area contributed by atoms with Crippen molar-refractivity contribution >= 4 is 22.4 Å². The van der Waals surface area contributed by atoms with E-state index in [0.29, 0.717) is 12.5 Å². The maximum Gasteiger partial charge on any atom is 0.227 e. The third-order valence-electron chi connectivity index (χ3n) is 5.08. The van der Waals surface area contributed by atoms with Gasteiger partial charge >= 0.3 is 0 Å². The predicted octanol–water partition coefficient (Wildman–Crippen LogP) is 2.20. The zero-order valence-electron chi connectivity index (χ0n) is 14.4. The maximum atomic E-state index is 12.9. The number of piperidine rings is 1. The van der Waals surface area contributed by atoms with Crippen molar-refractivity contribution in [1.29, 1.82) is 0 Å². The fraction of sp³-hybridized carbons (Fsp3) is 0.500. The molecule has 3 saturated heterocycles. The summed E-state index contributed by atoms with van der Waals surface area (Å²) in [6.45, 7) is 3.19. The molecule has 7 heteroatoms. The minimum absolute atomic E-state index is 0.102. The number of amides is 1. The van der Waals surface area contributed by atoms with Gasteiger partial charge in [-0.05, 0) is 25.0 Å². The average Bonchev–Trinajstić information content (AvgIpc) is 2.93. The van der Waals surface area contributed by atoms with E-state index in [0.717, 1.165) is 49.0 Å². The van der Waals surface area contributed by atoms with Gasteiger partial charge in [-0.25, -0.2) is 4.98 Å². The molecule has 0 aliphatic carbocycles. The van der Waals surface area contributed by atoms with Crippen LogP contribution >= 0.6 is 11.3 Å². The molecule has 0 saturated carbocycles. The van der Waals surface area contributed by atoms with Gasteiger partial charge < -0.3 is 10.2 Å². The van der Waals surface area contributed by atoms with Gasteiger partial charge in [0.1, 0.15) is 0 Å². The zero-order chi connectivity index (χ0) is 17.2. The largest absolute Gasteiger partial charge is 0.365 e. The summed E-state index contributed by atoms with van der Waals surface area (Å²) >= 11 is 1.63. The molecule has 2 bridgehead atoms. The lowest BCUT2D eigenvalue weighted by Gasteiger charge is -2.35. The fourth-order valence-corrected chi connectivity index (χ4v) is 4.52. The molecule has 0 aromatic carbocycles. The van der Waals surface area contributed by atoms with E-state index in [1.165, 1.54) is 0 Å². The van der Waals surface area contributed by atoms with E-state index in [-0.39, 0.29) is 12.0 Å². The Balaban J connectivity index is 1.48. The Hall–Kier alpha value is -1.99. The molecule has 0 radical (unpaired) electrons. The topological polar surface area (TPSA) is 61.4 Å². The maximum absolute atomic E-state index is 12.9. The first kappa shape index (κ1) is 16.5. The Bertz CT molecular complexity index is 734. The van der Waals surface area contributed by atoms with Crippen LogP contribution in [0.2, 0.25) is 0 Å². The Morgan fingerprint density at radius 3 is 2.92 bits per heavy atom. The van der Waals surface area contributed by atoms with Crippen LogP contribution in [0.3, 0.4) is 0 Å². The van der Waals surface area contributed by atoms with Crippen molar-refractivity contribution < 1.29 is 4.79 Å². The van der Waals surface area contributed by atoms with Crippen molar-refractivity contribution in [2.24, 2.45) is 5.92 Å². The van der Waals surface area contributed by atoms with Crippen LogP contribution < -0.4 is 5.32 Å². The van der Waals surface area contributed by atoms with Gasteiger partial charge in [-0.3, -0.25) is 14.7 Å². The lowest BCUT2D eigenvalue weighted by molar-refractivity contribution is -0.140. The summed E-state index contributed by atoms with van der Waals surface area (Å²) in [5.41, 5.74) is 2.05. The number of anilines is 1. The monoisotopic (exact) mass is 357 g/mol. The Morgan fingerprint density at radius 2 is 2.16 bits per heavy atom. The molecule has 3 aliphatic heterocycles. The number of carbonyl (C=O) groups excluding carboxylic acids is 1. The molecule has 0 unspecified atom stereocenters. The predicted molar refractivity (Wildman–Crippen MR) is 98.2 cm³/mol. The second-order valence-electron chi connectivity index (χ2n) is 6.80. The van der Waals surface area contributed by atoms with Crippen LogP contribution in [-0.2, 0) is 17.9 Å². The number of hydrogen-bond donors (Lipinski definition) is 1. The average molecular weight is 357 g/mol. The molecule has 5 heterocycles. The number of aromatic nitrogens is 2. The van der Waals surface area contributed by atoms with Crippen LogP contribution in [-0.4, -0.2) is 51.9 Å². The van der Waals surface area contributed by atoms with Crippen molar-refractivity contribution in [3.63, 3.8) is 0 Å². The Morgan fingerprint density at radius 1 is 1.24 bits per heavy atom. The number of thiazole rings is 1. The molecule has 1 N–H and O–H groups in total. The third kappa shape index (κ3) is 3.52. The number of carbonyl (C=O) groups is 1. The minimum Gasteiger partial charge on any atom is -0.365 e. The summed E-state index contributed by atoms with van der Waals surface area (Å²) < 4.78 is 0. The highest BCUT2D eigenvalue weighted by Crippen LogP contribution is 2.31. The summed E-state index contributed by atoms with van der Waals surface area (Å²) in [4.78, 5) is 26.3. The number of hydrogen-bond acceptors (Lipinski definition) is 6. The molecule has 3 aliphatic rings. The lowest BCUT2D eigenvalue weighted by Crippen LogP contribution is -2.47. The van der Waals surface area contributed by atoms with Crippen molar-refractivity contribution in [2.45, 2.75) is 32.0 Å². The highest BCUT2D eigenvalue weighted by molar-refractivity contribution is 7.13. The number of nitrogens with one attached hydrogen (secondary N) is 1. The quantitative estimate of drug-likeness (QED) is 0.889. The summed E-state index contributed by atoms with van der Waals surface area (Å²) in [5, 5.41) is 6.14. The van der Waals surface area contributed by atoms with E-state index >= 15 is 0 Å². The van der Waals surface area contributed by atoms with Gasteiger partial charge in [0.15, 0.2) is 5.13 Å². The summed E-state index contributed by atoms with van der Waals surface area (Å²) in [6.07, 6.45) is 3.87. The molecule has 0 spiro atoms. The van der Waals surface area contributed by atoms with Gasteiger partial charge in [0, 0.05) is 44.3 Å². The van der Waals surface area contributed by atoms with E-state index in [1.54, 1.807) is 17.5 Å². The van der Waals surface area contributed by atoms with Gasteiger partial charge in [0.05, 0.1) is 23.9 Å². The molecule has 5 rings (SSSR count). The van der Waals surface area contributed by atoms with Crippen LogP contribution in [0.1, 0.15) is 24.2 Å². The summed E-state index contributed by atoms with van der Waals surface area (Å²) in [7, 11) is 1.89. The van der Waals surface area contributed by atoms with Crippen molar-refractivity contribution in [2.75, 3.05) is 25.5 Å². The second-order valence-corrected chi connectivity index (χ2v) is 7.66. The van der Waals surface area contributed by atoms with Crippen LogP contribution in [0, 0.1) is 5.92 Å². The highest BCUT2D eigenvalue weighted by Gasteiger charge is 2.40. The number of pyridine rings is 1. The number of nitrogens with zero attached hydrogens (tertiary/aromatic N) is 4. The molecule has 25 heavy (non-hydrogen) atoms. The molecule has 2 aromatic heterocycles. The smallest absolute Gasteiger partial charge is 0.227 e. The second kappa shape index (κ2) is 7.09. The standard InChI is InChI=1S/C18H23N5OS/c1-19-18-21-15(12-25-18)9-22-8-13-5-6-16(11-22)23(17(13)24)10-14-4-2-3-7-20-14/h2-4,7,12-13,16H,5-6,8-11H2,1H3,(H,19,21)/t13-,16+/m0/s1. The molecular formula is C18H23N5OS. The van der Waals surface area contributed by atoms with Crippen LogP contribution in [0.25, 0.3) is 0 Å². The molecule has 3 fully saturated rings. The molecule has 2 aromatic rings. The normalized spacial score (nSPS) is 23.7. The third-order valence-corrected chi connectivity index (χ3v) is 5.99. The first-order chi connectivity index (χ1) is 12.2.